The number of halogens is 1. The number of nitrogens with one attached hydrogen (secondary N) is 1. The second-order valence-electron chi connectivity index (χ2n) is 5.84. The highest BCUT2D eigenvalue weighted by Crippen LogP contribution is 2.38. The third-order valence-electron chi connectivity index (χ3n) is 3.67. The van der Waals surface area contributed by atoms with Crippen molar-refractivity contribution in [2.75, 3.05) is 0 Å². The van der Waals surface area contributed by atoms with Crippen molar-refractivity contribution in [2.24, 2.45) is 0 Å². The van der Waals surface area contributed by atoms with E-state index in [9.17, 15) is 9.90 Å². The number of rotatable bonds is 5. The zero-order valence-electron chi connectivity index (χ0n) is 12.3. The molecule has 1 aliphatic rings. The van der Waals surface area contributed by atoms with E-state index in [-0.39, 0.29) is 11.3 Å². The number of pyridine rings is 1. The first kappa shape index (κ1) is 16.8. The van der Waals surface area contributed by atoms with Crippen molar-refractivity contribution >= 4 is 33.7 Å². The van der Waals surface area contributed by atoms with E-state index in [1.165, 1.54) is 0 Å². The lowest BCUT2D eigenvalue weighted by Gasteiger charge is -2.39. The second-order valence-corrected chi connectivity index (χ2v) is 8.07. The molecule has 4 nitrogen and oxygen atoms in total. The van der Waals surface area contributed by atoms with E-state index < -0.39 is 11.5 Å². The highest BCUT2D eigenvalue weighted by molar-refractivity contribution is 9.10. The van der Waals surface area contributed by atoms with E-state index in [1.807, 2.05) is 26.0 Å². The lowest BCUT2D eigenvalue weighted by atomic mass is 9.81. The van der Waals surface area contributed by atoms with Gasteiger partial charge in [0.1, 0.15) is 5.54 Å². The zero-order chi connectivity index (χ0) is 15.5. The minimum absolute atomic E-state index is 0.163. The Kier molecular flexibility index (Phi) is 5.68. The summed E-state index contributed by atoms with van der Waals surface area (Å²) in [7, 11) is 0. The molecular weight excluding hydrogens is 352 g/mol. The molecule has 2 atom stereocenters. The molecule has 6 heteroatoms. The second kappa shape index (κ2) is 7.11. The quantitative estimate of drug-likeness (QED) is 0.824. The molecule has 116 valence electrons. The van der Waals surface area contributed by atoms with Gasteiger partial charge in [-0.3, -0.25) is 10.1 Å². The van der Waals surface area contributed by atoms with Crippen molar-refractivity contribution in [1.29, 1.82) is 0 Å². The highest BCUT2D eigenvalue weighted by Gasteiger charge is 2.43. The molecule has 1 heterocycles. The maximum atomic E-state index is 11.8. The number of aromatic nitrogens is 1. The molecule has 1 aliphatic carbocycles. The van der Waals surface area contributed by atoms with Crippen LogP contribution >= 0.6 is 27.7 Å². The van der Waals surface area contributed by atoms with Gasteiger partial charge in [0, 0.05) is 22.0 Å². The third kappa shape index (κ3) is 4.44. The summed E-state index contributed by atoms with van der Waals surface area (Å²) in [5.74, 6) is -0.731. The van der Waals surface area contributed by atoms with Gasteiger partial charge in [-0.1, -0.05) is 0 Å². The van der Waals surface area contributed by atoms with Gasteiger partial charge in [-0.05, 0) is 67.6 Å². The van der Waals surface area contributed by atoms with Crippen LogP contribution in [0.5, 0.6) is 0 Å². The van der Waals surface area contributed by atoms with Gasteiger partial charge < -0.3 is 5.11 Å². The molecule has 0 spiro atoms. The Morgan fingerprint density at radius 2 is 2.33 bits per heavy atom. The molecule has 2 unspecified atom stereocenters. The highest BCUT2D eigenvalue weighted by atomic mass is 79.9. The monoisotopic (exact) mass is 372 g/mol. The van der Waals surface area contributed by atoms with Crippen molar-refractivity contribution in [2.45, 2.75) is 61.4 Å². The molecule has 0 amide bonds. The van der Waals surface area contributed by atoms with Crippen LogP contribution < -0.4 is 5.32 Å². The molecule has 2 rings (SSSR count). The maximum Gasteiger partial charge on any atom is 0.323 e. The molecule has 0 aromatic carbocycles. The summed E-state index contributed by atoms with van der Waals surface area (Å²) in [5, 5.41) is 14.2. The van der Waals surface area contributed by atoms with Gasteiger partial charge in [0.15, 0.2) is 0 Å². The van der Waals surface area contributed by atoms with Crippen LogP contribution in [0.15, 0.2) is 27.8 Å². The molecule has 1 saturated carbocycles. The van der Waals surface area contributed by atoms with Gasteiger partial charge in [0.05, 0.1) is 5.03 Å². The first-order valence-corrected chi connectivity index (χ1v) is 8.88. The Bertz CT molecular complexity index is 495. The van der Waals surface area contributed by atoms with Crippen molar-refractivity contribution in [3.63, 3.8) is 0 Å². The summed E-state index contributed by atoms with van der Waals surface area (Å²) >= 11 is 5.06. The topological polar surface area (TPSA) is 62.2 Å². The summed E-state index contributed by atoms with van der Waals surface area (Å²) in [6.07, 6.45) is 5.09. The van der Waals surface area contributed by atoms with Gasteiger partial charge in [-0.2, -0.15) is 0 Å². The number of hydrogen-bond acceptors (Lipinski definition) is 4. The average molecular weight is 373 g/mol. The van der Waals surface area contributed by atoms with Gasteiger partial charge in [0.2, 0.25) is 0 Å². The standard InChI is InChI=1S/C15H21BrN2O2S/c1-10(2)18-15(14(19)20)7-3-4-12(8-15)21-13-6-5-11(16)9-17-13/h5-6,9-10,12,18H,3-4,7-8H2,1-2H3,(H,19,20). The normalized spacial score (nSPS) is 26.0. The summed E-state index contributed by atoms with van der Waals surface area (Å²) in [5.41, 5.74) is -0.792. The molecule has 0 aliphatic heterocycles. The van der Waals surface area contributed by atoms with Crippen molar-refractivity contribution in [1.82, 2.24) is 10.3 Å². The number of aliphatic carboxylic acids is 1. The van der Waals surface area contributed by atoms with Crippen molar-refractivity contribution in [3.8, 4) is 0 Å². The smallest absolute Gasteiger partial charge is 0.323 e. The number of carbonyl (C=O) groups is 1. The van der Waals surface area contributed by atoms with E-state index in [0.717, 1.165) is 22.3 Å². The zero-order valence-corrected chi connectivity index (χ0v) is 14.7. The fourth-order valence-corrected chi connectivity index (χ4v) is 4.36. The molecule has 0 bridgehead atoms. The summed E-state index contributed by atoms with van der Waals surface area (Å²) in [4.78, 5) is 16.1. The van der Waals surface area contributed by atoms with E-state index in [4.69, 9.17) is 0 Å². The van der Waals surface area contributed by atoms with Gasteiger partial charge >= 0.3 is 5.97 Å². The van der Waals surface area contributed by atoms with Crippen molar-refractivity contribution < 1.29 is 9.90 Å². The van der Waals surface area contributed by atoms with E-state index in [1.54, 1.807) is 18.0 Å². The van der Waals surface area contributed by atoms with Crippen LogP contribution in [0, 0.1) is 0 Å². The van der Waals surface area contributed by atoms with Crippen LogP contribution in [0.1, 0.15) is 39.5 Å². The predicted octanol–water partition coefficient (Wildman–Crippen LogP) is 3.70. The van der Waals surface area contributed by atoms with Crippen LogP contribution in [-0.2, 0) is 4.79 Å². The molecule has 1 aromatic heterocycles. The lowest BCUT2D eigenvalue weighted by molar-refractivity contribution is -0.146. The molecular formula is C15H21BrN2O2S. The first-order valence-electron chi connectivity index (χ1n) is 7.20. The minimum Gasteiger partial charge on any atom is -0.480 e. The van der Waals surface area contributed by atoms with Gasteiger partial charge in [-0.15, -0.1) is 11.8 Å². The number of hydrogen-bond donors (Lipinski definition) is 2. The van der Waals surface area contributed by atoms with Crippen LogP contribution in [-0.4, -0.2) is 32.9 Å². The van der Waals surface area contributed by atoms with Gasteiger partial charge in [0.25, 0.3) is 0 Å². The molecule has 1 aromatic rings. The number of thioether (sulfide) groups is 1. The molecule has 2 N–H and O–H groups in total. The molecule has 0 radical (unpaired) electrons. The molecule has 0 saturated heterocycles. The summed E-state index contributed by atoms with van der Waals surface area (Å²) < 4.78 is 0.955. The Hall–Kier alpha value is -0.590. The fraction of sp³-hybridized carbons (Fsp3) is 0.600. The summed E-state index contributed by atoms with van der Waals surface area (Å²) in [6, 6.07) is 4.10. The van der Waals surface area contributed by atoms with Crippen LogP contribution in [0.4, 0.5) is 0 Å². The predicted molar refractivity (Wildman–Crippen MR) is 88.7 cm³/mol. The van der Waals surface area contributed by atoms with E-state index in [2.05, 4.69) is 26.2 Å². The fourth-order valence-electron chi connectivity index (χ4n) is 2.87. The van der Waals surface area contributed by atoms with E-state index >= 15 is 0 Å². The lowest BCUT2D eigenvalue weighted by Crippen LogP contribution is -2.57. The number of nitrogens with zero attached hydrogens (tertiary/aromatic N) is 1. The average Bonchev–Trinajstić information content (AvgIpc) is 2.41. The van der Waals surface area contributed by atoms with Gasteiger partial charge in [-0.25, -0.2) is 4.98 Å². The third-order valence-corrected chi connectivity index (χ3v) is 5.36. The Balaban J connectivity index is 2.08. The molecule has 1 fully saturated rings. The summed E-state index contributed by atoms with van der Waals surface area (Å²) in [6.45, 7) is 4.00. The SMILES string of the molecule is CC(C)NC1(C(=O)O)CCCC(Sc2ccc(Br)cn2)C1. The Labute approximate surface area is 138 Å². The first-order chi connectivity index (χ1) is 9.91. The Morgan fingerprint density at radius 1 is 1.57 bits per heavy atom. The van der Waals surface area contributed by atoms with Crippen LogP contribution in [0.3, 0.4) is 0 Å². The minimum atomic E-state index is -0.792. The van der Waals surface area contributed by atoms with Crippen LogP contribution in [0.2, 0.25) is 0 Å². The Morgan fingerprint density at radius 3 is 2.90 bits per heavy atom. The maximum absolute atomic E-state index is 11.8. The largest absolute Gasteiger partial charge is 0.480 e. The number of carboxylic acids is 1. The van der Waals surface area contributed by atoms with E-state index in [0.29, 0.717) is 12.8 Å². The van der Waals surface area contributed by atoms with Crippen LogP contribution in [0.25, 0.3) is 0 Å². The number of carboxylic acid groups (broad SMARTS) is 1. The van der Waals surface area contributed by atoms with Crippen molar-refractivity contribution in [3.05, 3.63) is 22.8 Å². The molecule has 21 heavy (non-hydrogen) atoms.